The van der Waals surface area contributed by atoms with Crippen molar-refractivity contribution < 1.29 is 4.79 Å². The number of nitrogens with zero attached hydrogens (tertiary/aromatic N) is 3. The molecule has 1 aromatic carbocycles. The van der Waals surface area contributed by atoms with Crippen molar-refractivity contribution in [1.82, 2.24) is 14.5 Å². The van der Waals surface area contributed by atoms with E-state index in [9.17, 15) is 9.59 Å². The van der Waals surface area contributed by atoms with Gasteiger partial charge in [0, 0.05) is 30.6 Å². The SMILES string of the molecule is C[C@H](C1CC1)N(C(=O)c1ccc2c(=O)n3c(nc2c1)CCCCCC3)C1CC1. The van der Waals surface area contributed by atoms with Crippen LogP contribution in [0.25, 0.3) is 10.9 Å². The van der Waals surface area contributed by atoms with E-state index in [0.717, 1.165) is 44.5 Å². The Bertz CT molecular complexity index is 972. The van der Waals surface area contributed by atoms with Gasteiger partial charge in [0.2, 0.25) is 0 Å². The minimum Gasteiger partial charge on any atom is -0.333 e. The van der Waals surface area contributed by atoms with E-state index in [2.05, 4.69) is 11.8 Å². The lowest BCUT2D eigenvalue weighted by Gasteiger charge is -2.29. The molecule has 2 saturated carbocycles. The summed E-state index contributed by atoms with van der Waals surface area (Å²) >= 11 is 0. The Hall–Kier alpha value is -2.17. The molecule has 2 fully saturated rings. The van der Waals surface area contributed by atoms with Crippen LogP contribution in [0.2, 0.25) is 0 Å². The third-order valence-electron chi connectivity index (χ3n) is 6.73. The van der Waals surface area contributed by atoms with Crippen molar-refractivity contribution in [3.63, 3.8) is 0 Å². The molecule has 1 amide bonds. The lowest BCUT2D eigenvalue weighted by atomic mass is 10.1. The van der Waals surface area contributed by atoms with Crippen LogP contribution in [0.3, 0.4) is 0 Å². The third kappa shape index (κ3) is 3.25. The molecule has 0 N–H and O–H groups in total. The molecule has 3 aliphatic rings. The van der Waals surface area contributed by atoms with E-state index < -0.39 is 0 Å². The van der Waals surface area contributed by atoms with Gasteiger partial charge in [0.05, 0.1) is 10.9 Å². The summed E-state index contributed by atoms with van der Waals surface area (Å²) in [6.07, 6.45) is 10.0. The molecule has 0 spiro atoms. The molecule has 0 bridgehead atoms. The average Bonchev–Trinajstić information content (AvgIpc) is 3.55. The van der Waals surface area contributed by atoms with Gasteiger partial charge in [-0.25, -0.2) is 4.98 Å². The first-order valence-electron chi connectivity index (χ1n) is 11.0. The fourth-order valence-electron chi connectivity index (χ4n) is 4.72. The van der Waals surface area contributed by atoms with Gasteiger partial charge in [0.1, 0.15) is 5.82 Å². The Morgan fingerprint density at radius 3 is 2.68 bits per heavy atom. The van der Waals surface area contributed by atoms with Crippen molar-refractivity contribution in [1.29, 1.82) is 0 Å². The Kier molecular flexibility index (Phi) is 4.48. The van der Waals surface area contributed by atoms with Crippen LogP contribution >= 0.6 is 0 Å². The van der Waals surface area contributed by atoms with E-state index in [1.165, 1.54) is 25.7 Å². The number of fused-ring (bicyclic) bond motifs is 2. The minimum absolute atomic E-state index is 0.0475. The first-order valence-corrected chi connectivity index (χ1v) is 11.0. The highest BCUT2D eigenvalue weighted by molar-refractivity contribution is 5.98. The summed E-state index contributed by atoms with van der Waals surface area (Å²) in [6.45, 7) is 2.95. The number of aromatic nitrogens is 2. The van der Waals surface area contributed by atoms with Gasteiger partial charge in [-0.15, -0.1) is 0 Å². The molecular formula is C23H29N3O2. The second-order valence-electron chi connectivity index (χ2n) is 8.90. The van der Waals surface area contributed by atoms with Crippen LogP contribution in [0.4, 0.5) is 0 Å². The first-order chi connectivity index (χ1) is 13.6. The highest BCUT2D eigenvalue weighted by Crippen LogP contribution is 2.40. The lowest BCUT2D eigenvalue weighted by Crippen LogP contribution is -2.41. The van der Waals surface area contributed by atoms with Crippen molar-refractivity contribution in [3.05, 3.63) is 39.9 Å². The first kappa shape index (κ1) is 17.9. The number of hydrogen-bond donors (Lipinski definition) is 0. The Morgan fingerprint density at radius 1 is 1.14 bits per heavy atom. The quantitative estimate of drug-likeness (QED) is 0.809. The van der Waals surface area contributed by atoms with Crippen LogP contribution in [0, 0.1) is 5.92 Å². The topological polar surface area (TPSA) is 55.2 Å². The highest BCUT2D eigenvalue weighted by atomic mass is 16.2. The molecule has 1 aliphatic heterocycles. The standard InChI is InChI=1S/C23H29N3O2/c1-15(16-7-8-16)26(18-10-11-18)22(27)17-9-12-19-20(14-17)24-21-6-4-2-3-5-13-25(21)23(19)28/h9,12,14-16,18H,2-8,10-11,13H2,1H3/t15-/m1/s1. The molecule has 1 aromatic heterocycles. The zero-order valence-electron chi connectivity index (χ0n) is 16.7. The second-order valence-corrected chi connectivity index (χ2v) is 8.90. The van der Waals surface area contributed by atoms with Gasteiger partial charge >= 0.3 is 0 Å². The van der Waals surface area contributed by atoms with E-state index in [1.807, 2.05) is 22.8 Å². The van der Waals surface area contributed by atoms with E-state index in [0.29, 0.717) is 34.5 Å². The summed E-state index contributed by atoms with van der Waals surface area (Å²) in [7, 11) is 0. The van der Waals surface area contributed by atoms with Crippen molar-refractivity contribution >= 4 is 16.8 Å². The van der Waals surface area contributed by atoms with Gasteiger partial charge in [-0.2, -0.15) is 0 Å². The maximum Gasteiger partial charge on any atom is 0.261 e. The Labute approximate surface area is 165 Å². The van der Waals surface area contributed by atoms with Crippen LogP contribution in [0.1, 0.15) is 74.5 Å². The van der Waals surface area contributed by atoms with Crippen LogP contribution in [-0.4, -0.2) is 32.4 Å². The van der Waals surface area contributed by atoms with E-state index >= 15 is 0 Å². The van der Waals surface area contributed by atoms with Gasteiger partial charge in [-0.1, -0.05) is 12.8 Å². The largest absolute Gasteiger partial charge is 0.333 e. The molecule has 1 atom stereocenters. The Morgan fingerprint density at radius 2 is 1.93 bits per heavy atom. The van der Waals surface area contributed by atoms with Crippen molar-refractivity contribution in [2.24, 2.45) is 5.92 Å². The maximum atomic E-state index is 13.3. The number of benzene rings is 1. The normalized spacial score (nSPS) is 20.9. The fraction of sp³-hybridized carbons (Fsp3) is 0.609. The minimum atomic E-state index is 0.0475. The molecule has 0 saturated heterocycles. The average molecular weight is 380 g/mol. The molecule has 5 rings (SSSR count). The van der Waals surface area contributed by atoms with Gasteiger partial charge < -0.3 is 4.90 Å². The highest BCUT2D eigenvalue weighted by Gasteiger charge is 2.41. The predicted octanol–water partition coefficient (Wildman–Crippen LogP) is 3.92. The van der Waals surface area contributed by atoms with Crippen LogP contribution in [0.5, 0.6) is 0 Å². The van der Waals surface area contributed by atoms with Crippen LogP contribution in [-0.2, 0) is 13.0 Å². The summed E-state index contributed by atoms with van der Waals surface area (Å²) in [4.78, 5) is 33.3. The van der Waals surface area contributed by atoms with Crippen molar-refractivity contribution in [2.45, 2.75) is 83.3 Å². The van der Waals surface area contributed by atoms with Gasteiger partial charge in [-0.3, -0.25) is 14.2 Å². The summed E-state index contributed by atoms with van der Waals surface area (Å²) in [5.74, 6) is 1.65. The summed E-state index contributed by atoms with van der Waals surface area (Å²) in [5, 5.41) is 0.633. The van der Waals surface area contributed by atoms with Crippen LogP contribution < -0.4 is 5.56 Å². The van der Waals surface area contributed by atoms with E-state index in [1.54, 1.807) is 0 Å². The second kappa shape index (κ2) is 7.02. The van der Waals surface area contributed by atoms with Crippen LogP contribution in [0.15, 0.2) is 23.0 Å². The molecule has 28 heavy (non-hydrogen) atoms. The molecule has 0 radical (unpaired) electrons. The van der Waals surface area contributed by atoms with Gasteiger partial charge in [0.25, 0.3) is 11.5 Å². The van der Waals surface area contributed by atoms with E-state index in [-0.39, 0.29) is 11.5 Å². The molecule has 2 aliphatic carbocycles. The molecule has 2 heterocycles. The summed E-state index contributed by atoms with van der Waals surface area (Å²) in [5.41, 5.74) is 1.40. The predicted molar refractivity (Wildman–Crippen MR) is 110 cm³/mol. The molecule has 5 nitrogen and oxygen atoms in total. The van der Waals surface area contributed by atoms with E-state index in [4.69, 9.17) is 4.98 Å². The number of rotatable bonds is 4. The zero-order valence-corrected chi connectivity index (χ0v) is 16.7. The number of hydrogen-bond acceptors (Lipinski definition) is 3. The van der Waals surface area contributed by atoms with Crippen molar-refractivity contribution in [3.8, 4) is 0 Å². The van der Waals surface area contributed by atoms with Crippen molar-refractivity contribution in [2.75, 3.05) is 0 Å². The number of carbonyl (C=O) groups excluding carboxylic acids is 1. The van der Waals surface area contributed by atoms with Gasteiger partial charge in [0.15, 0.2) is 0 Å². The summed E-state index contributed by atoms with van der Waals surface area (Å²) < 4.78 is 1.86. The zero-order chi connectivity index (χ0) is 19.3. The number of carbonyl (C=O) groups is 1. The third-order valence-corrected chi connectivity index (χ3v) is 6.73. The molecular weight excluding hydrogens is 350 g/mol. The molecule has 5 heteroatoms. The molecule has 2 aromatic rings. The maximum absolute atomic E-state index is 13.3. The van der Waals surface area contributed by atoms with Gasteiger partial charge in [-0.05, 0) is 69.6 Å². The Balaban J connectivity index is 1.52. The smallest absolute Gasteiger partial charge is 0.261 e. The molecule has 0 unspecified atom stereocenters. The molecule has 148 valence electrons. The number of amides is 1. The monoisotopic (exact) mass is 379 g/mol. The lowest BCUT2D eigenvalue weighted by molar-refractivity contribution is 0.0654. The number of aryl methyl sites for hydroxylation is 1. The summed E-state index contributed by atoms with van der Waals surface area (Å²) in [6, 6.07) is 6.21. The fourth-order valence-corrected chi connectivity index (χ4v) is 4.72.